The summed E-state index contributed by atoms with van der Waals surface area (Å²) in [5, 5.41) is 0. The van der Waals surface area contributed by atoms with Crippen LogP contribution in [0.4, 0.5) is 22.0 Å². The van der Waals surface area contributed by atoms with Crippen molar-refractivity contribution in [2.45, 2.75) is 71.8 Å². The van der Waals surface area contributed by atoms with Gasteiger partial charge in [-0.1, -0.05) is 19.6 Å². The van der Waals surface area contributed by atoms with Crippen LogP contribution in [0, 0.1) is 41.1 Å². The van der Waals surface area contributed by atoms with Crippen molar-refractivity contribution in [3.8, 4) is 5.75 Å². The van der Waals surface area contributed by atoms with E-state index in [0.717, 1.165) is 25.7 Å². The highest BCUT2D eigenvalue weighted by molar-refractivity contribution is 5.25. The molecule has 0 spiro atoms. The second-order valence-electron chi connectivity index (χ2n) is 8.18. The van der Waals surface area contributed by atoms with Gasteiger partial charge in [0.15, 0.2) is 17.5 Å². The third-order valence-corrected chi connectivity index (χ3v) is 6.41. The molecule has 1 aromatic rings. The number of benzene rings is 1. The Kier molecular flexibility index (Phi) is 8.12. The van der Waals surface area contributed by atoms with Crippen LogP contribution in [0.15, 0.2) is 24.3 Å². The number of allylic oxidation sites excluding steroid dienone is 2. The Morgan fingerprint density at radius 2 is 1.38 bits per heavy atom. The highest BCUT2D eigenvalue weighted by Gasteiger charge is 2.45. The van der Waals surface area contributed by atoms with Gasteiger partial charge in [0, 0.05) is 15.0 Å². The Hall–Kier alpha value is -1.59. The molecule has 0 aliphatic heterocycles. The van der Waals surface area contributed by atoms with Crippen LogP contribution in [-0.4, -0.2) is 6.11 Å². The van der Waals surface area contributed by atoms with Crippen LogP contribution >= 0.6 is 0 Å². The standard InChI is InChI=1S/C22H27F5O.CH4.2H2/c1-2-3-14-4-6-15(7-5-14)16-8-10-17(11-9-16)22(26,27)28-18-12-19(23)21(25)20(24)13-18;;;/h2-3,12-17H,4-11H2,1H3;1H4;2*1H/b3-2+;;;. The molecule has 0 bridgehead atoms. The van der Waals surface area contributed by atoms with Gasteiger partial charge < -0.3 is 4.74 Å². The van der Waals surface area contributed by atoms with Crippen LogP contribution in [0.25, 0.3) is 0 Å². The number of alkyl halides is 2. The van der Waals surface area contributed by atoms with E-state index in [9.17, 15) is 22.0 Å². The Morgan fingerprint density at radius 1 is 0.897 bits per heavy atom. The van der Waals surface area contributed by atoms with E-state index in [4.69, 9.17) is 0 Å². The number of halogens is 5. The van der Waals surface area contributed by atoms with Gasteiger partial charge >= 0.3 is 6.11 Å². The summed E-state index contributed by atoms with van der Waals surface area (Å²) in [6.45, 7) is 2.03. The molecule has 2 saturated carbocycles. The van der Waals surface area contributed by atoms with Gasteiger partial charge in [-0.2, -0.15) is 8.78 Å². The van der Waals surface area contributed by atoms with Crippen molar-refractivity contribution in [2.24, 2.45) is 23.7 Å². The van der Waals surface area contributed by atoms with Crippen molar-refractivity contribution >= 4 is 0 Å². The van der Waals surface area contributed by atoms with Crippen molar-refractivity contribution in [2.75, 3.05) is 0 Å². The van der Waals surface area contributed by atoms with Crippen LogP contribution in [0.1, 0.15) is 68.6 Å². The van der Waals surface area contributed by atoms with Crippen LogP contribution in [0.2, 0.25) is 0 Å². The lowest BCUT2D eigenvalue weighted by Crippen LogP contribution is -2.38. The van der Waals surface area contributed by atoms with E-state index in [1.807, 2.05) is 6.92 Å². The Bertz CT molecular complexity index is 674. The second kappa shape index (κ2) is 9.94. The zero-order chi connectivity index (χ0) is 20.3. The van der Waals surface area contributed by atoms with Gasteiger partial charge in [0.2, 0.25) is 0 Å². The summed E-state index contributed by atoms with van der Waals surface area (Å²) in [6, 6.07) is 0.919. The minimum absolute atomic E-state index is 0. The zero-order valence-corrected chi connectivity index (χ0v) is 16.1. The van der Waals surface area contributed by atoms with E-state index in [1.165, 1.54) is 0 Å². The fourth-order valence-corrected chi connectivity index (χ4v) is 4.84. The molecule has 2 fully saturated rings. The van der Waals surface area contributed by atoms with Gasteiger partial charge in [0.25, 0.3) is 0 Å². The lowest BCUT2D eigenvalue weighted by molar-refractivity contribution is -0.224. The Labute approximate surface area is 173 Å². The fraction of sp³-hybridized carbons (Fsp3) is 0.652. The quantitative estimate of drug-likeness (QED) is 0.263. The van der Waals surface area contributed by atoms with Crippen molar-refractivity contribution in [1.82, 2.24) is 0 Å². The van der Waals surface area contributed by atoms with Gasteiger partial charge in [-0.3, -0.25) is 0 Å². The molecule has 6 heteroatoms. The topological polar surface area (TPSA) is 9.23 Å². The monoisotopic (exact) mass is 422 g/mol. The van der Waals surface area contributed by atoms with Crippen LogP contribution < -0.4 is 4.74 Å². The molecular weight excluding hydrogens is 387 g/mol. The fourth-order valence-electron chi connectivity index (χ4n) is 4.84. The second-order valence-corrected chi connectivity index (χ2v) is 8.18. The van der Waals surface area contributed by atoms with Crippen molar-refractivity contribution in [3.05, 3.63) is 41.7 Å². The van der Waals surface area contributed by atoms with Gasteiger partial charge in [-0.15, -0.1) is 0 Å². The van der Waals surface area contributed by atoms with Gasteiger partial charge in [0.1, 0.15) is 5.75 Å². The van der Waals surface area contributed by atoms with E-state index in [0.29, 0.717) is 55.6 Å². The normalized spacial score (nSPS) is 28.2. The Balaban J connectivity index is 0.00000300. The zero-order valence-electron chi connectivity index (χ0n) is 16.1. The molecule has 0 amide bonds. The molecular formula is C23H35F5O. The number of rotatable bonds is 5. The van der Waals surface area contributed by atoms with Crippen LogP contribution in [-0.2, 0) is 0 Å². The molecule has 1 aromatic carbocycles. The van der Waals surface area contributed by atoms with E-state index in [-0.39, 0.29) is 10.3 Å². The SMILES string of the molecule is C.C/C=C/C1CCC(C2CCC(C(F)(F)Oc3cc(F)c(F)c(F)c3)CC2)CC1.[HH].[HH]. The summed E-state index contributed by atoms with van der Waals surface area (Å²) in [5.41, 5.74) is 0. The first-order valence-electron chi connectivity index (χ1n) is 10.1. The molecule has 0 aromatic heterocycles. The number of ether oxygens (including phenoxy) is 1. The molecule has 0 heterocycles. The van der Waals surface area contributed by atoms with Crippen molar-refractivity contribution in [1.29, 1.82) is 0 Å². The molecule has 0 unspecified atom stereocenters. The number of hydrogen-bond donors (Lipinski definition) is 0. The third kappa shape index (κ3) is 5.73. The van der Waals surface area contributed by atoms with Gasteiger partial charge in [-0.25, -0.2) is 13.2 Å². The highest BCUT2D eigenvalue weighted by atomic mass is 19.3. The molecule has 29 heavy (non-hydrogen) atoms. The maximum absolute atomic E-state index is 14.5. The molecule has 0 atom stereocenters. The average Bonchev–Trinajstić information content (AvgIpc) is 2.67. The lowest BCUT2D eigenvalue weighted by Gasteiger charge is -2.39. The molecule has 1 nitrogen and oxygen atoms in total. The molecule has 2 aliphatic rings. The number of hydrogen-bond acceptors (Lipinski definition) is 1. The summed E-state index contributed by atoms with van der Waals surface area (Å²) in [5.74, 6) is -4.76. The molecule has 0 N–H and O–H groups in total. The molecule has 0 radical (unpaired) electrons. The summed E-state index contributed by atoms with van der Waals surface area (Å²) < 4.78 is 73.1. The van der Waals surface area contributed by atoms with Crippen LogP contribution in [0.3, 0.4) is 0 Å². The summed E-state index contributed by atoms with van der Waals surface area (Å²) in [4.78, 5) is 0. The van der Waals surface area contributed by atoms with Crippen molar-refractivity contribution < 1.29 is 29.5 Å². The maximum Gasteiger partial charge on any atom is 0.400 e. The average molecular weight is 423 g/mol. The van der Waals surface area contributed by atoms with Crippen molar-refractivity contribution in [3.63, 3.8) is 0 Å². The first-order valence-corrected chi connectivity index (χ1v) is 10.1. The predicted octanol–water partition coefficient (Wildman–Crippen LogP) is 8.39. The Morgan fingerprint density at radius 3 is 1.86 bits per heavy atom. The molecule has 168 valence electrons. The van der Waals surface area contributed by atoms with E-state index in [2.05, 4.69) is 16.9 Å². The first kappa shape index (κ1) is 23.7. The first-order chi connectivity index (χ1) is 13.3. The van der Waals surface area contributed by atoms with Gasteiger partial charge in [-0.05, 0) is 76.0 Å². The van der Waals surface area contributed by atoms with E-state index in [1.54, 1.807) is 0 Å². The van der Waals surface area contributed by atoms with Crippen LogP contribution in [0.5, 0.6) is 5.75 Å². The third-order valence-electron chi connectivity index (χ3n) is 6.41. The minimum atomic E-state index is -3.54. The smallest absolute Gasteiger partial charge is 0.400 e. The van der Waals surface area contributed by atoms with E-state index < -0.39 is 35.2 Å². The maximum atomic E-state index is 14.5. The summed E-state index contributed by atoms with van der Waals surface area (Å²) in [6.07, 6.45) is 7.50. The lowest BCUT2D eigenvalue weighted by atomic mass is 9.69. The molecule has 2 aliphatic carbocycles. The molecule has 3 rings (SSSR count). The highest BCUT2D eigenvalue weighted by Crippen LogP contribution is 2.45. The summed E-state index contributed by atoms with van der Waals surface area (Å²) in [7, 11) is 0. The predicted molar refractivity (Wildman–Crippen MR) is 109 cm³/mol. The molecule has 0 saturated heterocycles. The largest absolute Gasteiger partial charge is 0.432 e. The van der Waals surface area contributed by atoms with Gasteiger partial charge in [0.05, 0.1) is 5.92 Å². The minimum Gasteiger partial charge on any atom is -0.432 e. The van der Waals surface area contributed by atoms with E-state index >= 15 is 0 Å². The summed E-state index contributed by atoms with van der Waals surface area (Å²) >= 11 is 0.